The Bertz CT molecular complexity index is 665. The molecule has 5 heteroatoms. The molecule has 1 heterocycles. The highest BCUT2D eigenvalue weighted by molar-refractivity contribution is 7.99. The number of hydrogen-bond donors (Lipinski definition) is 0. The summed E-state index contributed by atoms with van der Waals surface area (Å²) in [6, 6.07) is 7.39. The monoisotopic (exact) mass is 306 g/mol. The van der Waals surface area contributed by atoms with E-state index in [4.69, 9.17) is 4.84 Å². The van der Waals surface area contributed by atoms with Crippen molar-refractivity contribution >= 4 is 22.7 Å². The average molecular weight is 306 g/mol. The minimum absolute atomic E-state index is 0.132. The normalized spacial score (nSPS) is 11.5. The SMILES string of the molecule is CC(C)COn1c(SCC(C)C)nc2ccccc2c1=O. The van der Waals surface area contributed by atoms with E-state index in [1.54, 1.807) is 17.8 Å². The van der Waals surface area contributed by atoms with E-state index in [0.717, 1.165) is 11.3 Å². The van der Waals surface area contributed by atoms with Gasteiger partial charge in [-0.1, -0.05) is 51.6 Å². The smallest absolute Gasteiger partial charge is 0.295 e. The zero-order valence-electron chi connectivity index (χ0n) is 13.0. The van der Waals surface area contributed by atoms with Crippen molar-refractivity contribution in [1.82, 2.24) is 9.71 Å². The minimum atomic E-state index is -0.132. The fourth-order valence-electron chi connectivity index (χ4n) is 1.77. The highest BCUT2D eigenvalue weighted by Gasteiger charge is 2.13. The summed E-state index contributed by atoms with van der Waals surface area (Å²) in [5.41, 5.74) is 0.589. The van der Waals surface area contributed by atoms with Gasteiger partial charge in [0.25, 0.3) is 5.56 Å². The van der Waals surface area contributed by atoms with Gasteiger partial charge in [-0.2, -0.15) is 0 Å². The molecule has 2 aromatic rings. The third-order valence-corrected chi connectivity index (χ3v) is 4.14. The van der Waals surface area contributed by atoms with Crippen LogP contribution in [-0.4, -0.2) is 22.1 Å². The Labute approximate surface area is 129 Å². The Morgan fingerprint density at radius 3 is 2.57 bits per heavy atom. The van der Waals surface area contributed by atoms with Crippen LogP contribution >= 0.6 is 11.8 Å². The maximum absolute atomic E-state index is 12.6. The lowest BCUT2D eigenvalue weighted by Crippen LogP contribution is -2.31. The second-order valence-electron chi connectivity index (χ2n) is 5.91. The molecule has 0 spiro atoms. The van der Waals surface area contributed by atoms with E-state index in [2.05, 4.69) is 32.7 Å². The van der Waals surface area contributed by atoms with Gasteiger partial charge in [0.1, 0.15) is 6.61 Å². The van der Waals surface area contributed by atoms with Crippen molar-refractivity contribution in [1.29, 1.82) is 0 Å². The van der Waals surface area contributed by atoms with Crippen molar-refractivity contribution in [3.8, 4) is 0 Å². The maximum atomic E-state index is 12.6. The molecule has 0 saturated carbocycles. The van der Waals surface area contributed by atoms with Crippen molar-refractivity contribution in [3.05, 3.63) is 34.6 Å². The number of nitrogens with zero attached hydrogens (tertiary/aromatic N) is 2. The molecule has 0 saturated heterocycles. The zero-order valence-corrected chi connectivity index (χ0v) is 13.8. The van der Waals surface area contributed by atoms with Crippen LogP contribution in [0.5, 0.6) is 0 Å². The van der Waals surface area contributed by atoms with Crippen LogP contribution in [0.2, 0.25) is 0 Å². The van der Waals surface area contributed by atoms with Crippen LogP contribution in [0, 0.1) is 11.8 Å². The number of hydrogen-bond acceptors (Lipinski definition) is 4. The molecule has 0 amide bonds. The van der Waals surface area contributed by atoms with Gasteiger partial charge >= 0.3 is 0 Å². The molecule has 21 heavy (non-hydrogen) atoms. The van der Waals surface area contributed by atoms with Gasteiger partial charge in [-0.25, -0.2) is 4.98 Å². The first kappa shape index (κ1) is 15.9. The third-order valence-electron chi connectivity index (χ3n) is 2.79. The number of fused-ring (bicyclic) bond motifs is 1. The van der Waals surface area contributed by atoms with Crippen molar-refractivity contribution in [2.45, 2.75) is 32.9 Å². The molecule has 0 unspecified atom stereocenters. The molecular formula is C16H22N2O2S. The number of rotatable bonds is 6. The lowest BCUT2D eigenvalue weighted by Gasteiger charge is -2.15. The minimum Gasteiger partial charge on any atom is -0.408 e. The molecule has 1 aromatic heterocycles. The topological polar surface area (TPSA) is 44.1 Å². The molecular weight excluding hydrogens is 284 g/mol. The molecule has 0 aliphatic heterocycles. The molecule has 0 N–H and O–H groups in total. The van der Waals surface area contributed by atoms with Gasteiger partial charge < -0.3 is 4.84 Å². The first-order chi connectivity index (χ1) is 9.99. The summed E-state index contributed by atoms with van der Waals surface area (Å²) in [4.78, 5) is 22.9. The Morgan fingerprint density at radius 1 is 1.19 bits per heavy atom. The third kappa shape index (κ3) is 4.00. The predicted molar refractivity (Wildman–Crippen MR) is 87.9 cm³/mol. The standard InChI is InChI=1S/C16H22N2O2S/c1-11(2)9-20-18-15(19)13-7-5-6-8-14(13)17-16(18)21-10-12(3)4/h5-8,11-12H,9-10H2,1-4H3. The Hall–Kier alpha value is -1.49. The van der Waals surface area contributed by atoms with Crippen LogP contribution < -0.4 is 10.4 Å². The fraction of sp³-hybridized carbons (Fsp3) is 0.500. The predicted octanol–water partition coefficient (Wildman–Crippen LogP) is 3.23. The quantitative estimate of drug-likeness (QED) is 0.607. The summed E-state index contributed by atoms with van der Waals surface area (Å²) in [5.74, 6) is 1.78. The summed E-state index contributed by atoms with van der Waals surface area (Å²) in [5, 5.41) is 1.23. The molecule has 0 aliphatic rings. The molecule has 0 radical (unpaired) electrons. The van der Waals surface area contributed by atoms with E-state index in [1.165, 1.54) is 4.73 Å². The molecule has 4 nitrogen and oxygen atoms in total. The van der Waals surface area contributed by atoms with Gasteiger partial charge in [0, 0.05) is 5.75 Å². The van der Waals surface area contributed by atoms with E-state index >= 15 is 0 Å². The van der Waals surface area contributed by atoms with Crippen LogP contribution in [0.15, 0.2) is 34.2 Å². The highest BCUT2D eigenvalue weighted by atomic mass is 32.2. The molecule has 114 valence electrons. The van der Waals surface area contributed by atoms with E-state index in [-0.39, 0.29) is 5.56 Å². The van der Waals surface area contributed by atoms with Crippen LogP contribution in [0.1, 0.15) is 27.7 Å². The zero-order chi connectivity index (χ0) is 15.4. The largest absolute Gasteiger partial charge is 0.408 e. The summed E-state index contributed by atoms with van der Waals surface area (Å²) in [7, 11) is 0. The Morgan fingerprint density at radius 2 is 1.90 bits per heavy atom. The first-order valence-electron chi connectivity index (χ1n) is 7.27. The van der Waals surface area contributed by atoms with E-state index in [0.29, 0.717) is 29.0 Å². The summed E-state index contributed by atoms with van der Waals surface area (Å²) in [6.45, 7) is 8.90. The number of aromatic nitrogens is 2. The number of thioether (sulfide) groups is 1. The van der Waals surface area contributed by atoms with Crippen molar-refractivity contribution < 1.29 is 4.84 Å². The lowest BCUT2D eigenvalue weighted by atomic mass is 10.2. The Kier molecular flexibility index (Phi) is 5.28. The van der Waals surface area contributed by atoms with Gasteiger partial charge in [0.2, 0.25) is 5.16 Å². The van der Waals surface area contributed by atoms with Crippen molar-refractivity contribution in [2.75, 3.05) is 12.4 Å². The molecule has 0 atom stereocenters. The summed E-state index contributed by atoms with van der Waals surface area (Å²) < 4.78 is 1.36. The number of para-hydroxylation sites is 1. The second kappa shape index (κ2) is 6.98. The molecule has 0 bridgehead atoms. The molecule has 1 aromatic carbocycles. The second-order valence-corrected chi connectivity index (χ2v) is 6.89. The average Bonchev–Trinajstić information content (AvgIpc) is 2.44. The van der Waals surface area contributed by atoms with Gasteiger partial charge in [-0.3, -0.25) is 4.79 Å². The first-order valence-corrected chi connectivity index (χ1v) is 8.25. The fourth-order valence-corrected chi connectivity index (χ4v) is 2.66. The highest BCUT2D eigenvalue weighted by Crippen LogP contribution is 2.19. The van der Waals surface area contributed by atoms with Crippen LogP contribution in [0.3, 0.4) is 0 Å². The van der Waals surface area contributed by atoms with E-state index in [9.17, 15) is 4.79 Å². The van der Waals surface area contributed by atoms with Gasteiger partial charge in [0.15, 0.2) is 0 Å². The van der Waals surface area contributed by atoms with Crippen molar-refractivity contribution in [3.63, 3.8) is 0 Å². The van der Waals surface area contributed by atoms with E-state index in [1.807, 2.05) is 18.2 Å². The molecule has 0 fully saturated rings. The van der Waals surface area contributed by atoms with Crippen LogP contribution in [-0.2, 0) is 0 Å². The van der Waals surface area contributed by atoms with Gasteiger partial charge in [-0.05, 0) is 24.0 Å². The maximum Gasteiger partial charge on any atom is 0.295 e. The number of benzene rings is 1. The van der Waals surface area contributed by atoms with Crippen molar-refractivity contribution in [2.24, 2.45) is 11.8 Å². The Balaban J connectivity index is 2.46. The molecule has 2 rings (SSSR count). The van der Waals surface area contributed by atoms with Gasteiger partial charge in [0.05, 0.1) is 10.9 Å². The van der Waals surface area contributed by atoms with Crippen LogP contribution in [0.25, 0.3) is 10.9 Å². The van der Waals surface area contributed by atoms with Crippen LogP contribution in [0.4, 0.5) is 0 Å². The summed E-state index contributed by atoms with van der Waals surface area (Å²) in [6.07, 6.45) is 0. The van der Waals surface area contributed by atoms with Gasteiger partial charge in [-0.15, -0.1) is 4.73 Å². The molecule has 0 aliphatic carbocycles. The lowest BCUT2D eigenvalue weighted by molar-refractivity contribution is 0.0621. The van der Waals surface area contributed by atoms with E-state index < -0.39 is 0 Å². The summed E-state index contributed by atoms with van der Waals surface area (Å²) >= 11 is 1.56.